The lowest BCUT2D eigenvalue weighted by Crippen LogP contribution is -2.45. The second-order valence-corrected chi connectivity index (χ2v) is 7.35. The first-order valence-electron chi connectivity index (χ1n) is 8.72. The lowest BCUT2D eigenvalue weighted by atomic mass is 9.68. The molecule has 2 unspecified atom stereocenters. The molecular weight excluding hydrogens is 272 g/mol. The van der Waals surface area contributed by atoms with E-state index in [2.05, 4.69) is 39.0 Å². The van der Waals surface area contributed by atoms with Crippen LogP contribution in [0.1, 0.15) is 69.9 Å². The van der Waals surface area contributed by atoms with Crippen molar-refractivity contribution in [2.45, 2.75) is 70.8 Å². The number of aromatic hydroxyl groups is 1. The Hall–Kier alpha value is -1.44. The van der Waals surface area contributed by atoms with Crippen LogP contribution in [0.5, 0.6) is 11.5 Å². The van der Waals surface area contributed by atoms with Gasteiger partial charge in [-0.3, -0.25) is 0 Å². The van der Waals surface area contributed by atoms with Crippen molar-refractivity contribution < 1.29 is 9.84 Å². The number of ether oxygens (including phenoxy) is 1. The molecule has 0 fully saturated rings. The quantitative estimate of drug-likeness (QED) is 0.600. The summed E-state index contributed by atoms with van der Waals surface area (Å²) in [5, 5.41) is 10.6. The Kier molecular flexibility index (Phi) is 4.20. The molecular formula is C20H28O2. The van der Waals surface area contributed by atoms with Crippen LogP contribution in [0.2, 0.25) is 0 Å². The molecule has 1 N–H and O–H groups in total. The normalized spacial score (nSPS) is 25.2. The van der Waals surface area contributed by atoms with Crippen LogP contribution in [0.4, 0.5) is 0 Å². The van der Waals surface area contributed by atoms with Crippen LogP contribution in [0.25, 0.3) is 0 Å². The lowest BCUT2D eigenvalue weighted by molar-refractivity contribution is 0.00842. The Balaban J connectivity index is 1.95. The van der Waals surface area contributed by atoms with Gasteiger partial charge in [0.1, 0.15) is 17.1 Å². The summed E-state index contributed by atoms with van der Waals surface area (Å²) in [6, 6.07) is 4.13. The van der Waals surface area contributed by atoms with E-state index >= 15 is 0 Å². The third-order valence-corrected chi connectivity index (χ3v) is 5.32. The fourth-order valence-corrected chi connectivity index (χ4v) is 4.11. The molecule has 0 saturated heterocycles. The van der Waals surface area contributed by atoms with Crippen molar-refractivity contribution in [2.75, 3.05) is 0 Å². The molecule has 120 valence electrons. The highest BCUT2D eigenvalue weighted by molar-refractivity contribution is 5.52. The minimum atomic E-state index is -0.170. The Morgan fingerprint density at radius 3 is 2.73 bits per heavy atom. The molecule has 0 bridgehead atoms. The number of phenols is 1. The molecule has 2 aliphatic rings. The average molecular weight is 300 g/mol. The van der Waals surface area contributed by atoms with Gasteiger partial charge in [0.15, 0.2) is 0 Å². The molecule has 3 rings (SSSR count). The van der Waals surface area contributed by atoms with Gasteiger partial charge in [-0.1, -0.05) is 31.9 Å². The van der Waals surface area contributed by atoms with Gasteiger partial charge in [-0.2, -0.15) is 0 Å². The van der Waals surface area contributed by atoms with Crippen LogP contribution in [0.15, 0.2) is 24.3 Å². The number of aryl methyl sites for hydroxylation is 1. The topological polar surface area (TPSA) is 29.5 Å². The maximum Gasteiger partial charge on any atom is 0.127 e. The first-order chi connectivity index (χ1) is 10.5. The molecule has 1 aliphatic carbocycles. The fraction of sp³-hybridized carbons (Fsp3) is 0.600. The van der Waals surface area contributed by atoms with Gasteiger partial charge in [0.25, 0.3) is 0 Å². The highest BCUT2D eigenvalue weighted by atomic mass is 16.5. The first kappa shape index (κ1) is 15.5. The Bertz CT molecular complexity index is 571. The van der Waals surface area contributed by atoms with Crippen LogP contribution in [-0.2, 0) is 6.42 Å². The highest BCUT2D eigenvalue weighted by Gasteiger charge is 2.44. The third kappa shape index (κ3) is 2.76. The summed E-state index contributed by atoms with van der Waals surface area (Å²) in [5.74, 6) is 2.17. The van der Waals surface area contributed by atoms with Crippen molar-refractivity contribution in [2.24, 2.45) is 5.92 Å². The van der Waals surface area contributed by atoms with Crippen molar-refractivity contribution in [3.63, 3.8) is 0 Å². The van der Waals surface area contributed by atoms with Gasteiger partial charge in [-0.05, 0) is 57.2 Å². The number of rotatable bonds is 4. The van der Waals surface area contributed by atoms with Crippen molar-refractivity contribution >= 4 is 0 Å². The van der Waals surface area contributed by atoms with E-state index in [4.69, 9.17) is 4.74 Å². The number of hydrogen-bond donors (Lipinski definition) is 1. The molecule has 2 heteroatoms. The van der Waals surface area contributed by atoms with E-state index in [1.54, 1.807) is 0 Å². The number of fused-ring (bicyclic) bond motifs is 3. The van der Waals surface area contributed by atoms with Crippen molar-refractivity contribution in [3.8, 4) is 11.5 Å². The minimum absolute atomic E-state index is 0.170. The van der Waals surface area contributed by atoms with E-state index in [1.165, 1.54) is 24.8 Å². The van der Waals surface area contributed by atoms with Gasteiger partial charge in [-0.25, -0.2) is 0 Å². The molecule has 2 atom stereocenters. The van der Waals surface area contributed by atoms with Crippen LogP contribution in [0.3, 0.4) is 0 Å². The van der Waals surface area contributed by atoms with Gasteiger partial charge in [-0.15, -0.1) is 0 Å². The Morgan fingerprint density at radius 1 is 1.18 bits per heavy atom. The van der Waals surface area contributed by atoms with E-state index in [1.807, 2.05) is 6.07 Å². The van der Waals surface area contributed by atoms with E-state index < -0.39 is 0 Å². The van der Waals surface area contributed by atoms with Gasteiger partial charge in [0.2, 0.25) is 0 Å². The zero-order valence-corrected chi connectivity index (χ0v) is 14.1. The van der Waals surface area contributed by atoms with Gasteiger partial charge in [0.05, 0.1) is 0 Å². The summed E-state index contributed by atoms with van der Waals surface area (Å²) in [6.45, 7) is 6.59. The zero-order chi connectivity index (χ0) is 15.7. The van der Waals surface area contributed by atoms with Gasteiger partial charge >= 0.3 is 0 Å². The van der Waals surface area contributed by atoms with Crippen LogP contribution in [0, 0.1) is 5.92 Å². The minimum Gasteiger partial charge on any atom is -0.508 e. The molecule has 1 aromatic carbocycles. The third-order valence-electron chi connectivity index (χ3n) is 5.32. The monoisotopic (exact) mass is 300 g/mol. The maximum absolute atomic E-state index is 10.6. The summed E-state index contributed by atoms with van der Waals surface area (Å²) in [7, 11) is 0. The molecule has 2 nitrogen and oxygen atoms in total. The molecule has 1 heterocycles. The standard InChI is InChI=1S/C20H28O2/c1-4-5-6-9-14-12-17(21)19-15-10-7-8-11-16(15)20(2,3)22-18(19)13-14/h7-8,12-13,15-16,21H,4-6,9-11H2,1-3H3. The first-order valence-corrected chi connectivity index (χ1v) is 8.72. The number of allylic oxidation sites excluding steroid dienone is 2. The summed E-state index contributed by atoms with van der Waals surface area (Å²) in [6.07, 6.45) is 11.2. The zero-order valence-electron chi connectivity index (χ0n) is 14.1. The van der Waals surface area contributed by atoms with E-state index in [9.17, 15) is 5.11 Å². The van der Waals surface area contributed by atoms with Crippen molar-refractivity contribution in [1.82, 2.24) is 0 Å². The summed E-state index contributed by atoms with van der Waals surface area (Å²) in [4.78, 5) is 0. The largest absolute Gasteiger partial charge is 0.508 e. The van der Waals surface area contributed by atoms with E-state index in [-0.39, 0.29) is 5.60 Å². The summed E-state index contributed by atoms with van der Waals surface area (Å²) < 4.78 is 6.32. The lowest BCUT2D eigenvalue weighted by Gasteiger charge is -2.46. The summed E-state index contributed by atoms with van der Waals surface area (Å²) >= 11 is 0. The van der Waals surface area contributed by atoms with Crippen molar-refractivity contribution in [1.29, 1.82) is 0 Å². The number of unbranched alkanes of at least 4 members (excludes halogenated alkanes) is 2. The Morgan fingerprint density at radius 2 is 1.95 bits per heavy atom. The van der Waals surface area contributed by atoms with E-state index in [0.717, 1.165) is 30.6 Å². The smallest absolute Gasteiger partial charge is 0.127 e. The number of hydrogen-bond acceptors (Lipinski definition) is 2. The van der Waals surface area contributed by atoms with Crippen LogP contribution in [-0.4, -0.2) is 10.7 Å². The summed E-state index contributed by atoms with van der Waals surface area (Å²) in [5.41, 5.74) is 2.06. The maximum atomic E-state index is 10.6. The van der Waals surface area contributed by atoms with Gasteiger partial charge in [0, 0.05) is 17.4 Å². The second-order valence-electron chi connectivity index (χ2n) is 7.35. The predicted octanol–water partition coefficient (Wildman–Crippen LogP) is 5.35. The predicted molar refractivity (Wildman–Crippen MR) is 90.6 cm³/mol. The second kappa shape index (κ2) is 5.98. The van der Waals surface area contributed by atoms with Crippen LogP contribution >= 0.6 is 0 Å². The number of phenolic OH excluding ortho intramolecular Hbond substituents is 1. The molecule has 0 spiro atoms. The van der Waals surface area contributed by atoms with E-state index in [0.29, 0.717) is 17.6 Å². The molecule has 0 aromatic heterocycles. The molecule has 1 aromatic rings. The SMILES string of the molecule is CCCCCc1cc(O)c2c(c1)OC(C)(C)C1CC=CCC21. The molecule has 0 saturated carbocycles. The van der Waals surface area contributed by atoms with Crippen molar-refractivity contribution in [3.05, 3.63) is 35.4 Å². The average Bonchev–Trinajstić information content (AvgIpc) is 2.46. The molecule has 22 heavy (non-hydrogen) atoms. The molecule has 0 radical (unpaired) electrons. The van der Waals surface area contributed by atoms with Crippen LogP contribution < -0.4 is 4.74 Å². The molecule has 0 amide bonds. The van der Waals surface area contributed by atoms with Gasteiger partial charge < -0.3 is 9.84 Å². The highest BCUT2D eigenvalue weighted by Crippen LogP contribution is 2.53. The fourth-order valence-electron chi connectivity index (χ4n) is 4.11. The Labute approximate surface area is 134 Å². The molecule has 1 aliphatic heterocycles. The number of benzene rings is 1.